The number of aromatic nitrogens is 2. The summed E-state index contributed by atoms with van der Waals surface area (Å²) >= 11 is 0. The lowest BCUT2D eigenvalue weighted by Gasteiger charge is -2.34. The van der Waals surface area contributed by atoms with Crippen LogP contribution in [-0.2, 0) is 13.1 Å². The minimum Gasteiger partial charge on any atom is -0.333 e. The van der Waals surface area contributed by atoms with Crippen molar-refractivity contribution in [1.29, 1.82) is 0 Å². The van der Waals surface area contributed by atoms with Crippen LogP contribution in [-0.4, -0.2) is 33.6 Å². The van der Waals surface area contributed by atoms with Gasteiger partial charge in [-0.1, -0.05) is 6.92 Å². The molecule has 0 aliphatic carbocycles. The fourth-order valence-electron chi connectivity index (χ4n) is 2.82. The first-order valence-corrected chi connectivity index (χ1v) is 7.17. The Bertz CT molecular complexity index is 358. The highest BCUT2D eigenvalue weighted by Crippen LogP contribution is 2.20. The second-order valence-electron chi connectivity index (χ2n) is 5.57. The third kappa shape index (κ3) is 3.33. The van der Waals surface area contributed by atoms with Crippen molar-refractivity contribution in [3.63, 3.8) is 0 Å². The summed E-state index contributed by atoms with van der Waals surface area (Å²) in [5, 5.41) is 0. The van der Waals surface area contributed by atoms with E-state index in [0.29, 0.717) is 12.0 Å². The Balaban J connectivity index is 1.94. The van der Waals surface area contributed by atoms with Gasteiger partial charge in [0.05, 0.1) is 12.0 Å². The average Bonchev–Trinajstić information content (AvgIpc) is 2.77. The van der Waals surface area contributed by atoms with Crippen LogP contribution >= 0.6 is 0 Å². The molecule has 2 N–H and O–H groups in total. The zero-order valence-electron chi connectivity index (χ0n) is 11.7. The van der Waals surface area contributed by atoms with Gasteiger partial charge in [-0.05, 0) is 38.6 Å². The van der Waals surface area contributed by atoms with Crippen molar-refractivity contribution in [2.45, 2.75) is 52.2 Å². The Hall–Kier alpha value is -0.870. The van der Waals surface area contributed by atoms with Gasteiger partial charge in [-0.15, -0.1) is 0 Å². The highest BCUT2D eigenvalue weighted by Gasteiger charge is 2.23. The van der Waals surface area contributed by atoms with Crippen molar-refractivity contribution in [3.8, 4) is 0 Å². The predicted octanol–water partition coefficient (Wildman–Crippen LogP) is 1.85. The fraction of sp³-hybridized carbons (Fsp3) is 0.786. The maximum atomic E-state index is 6.04. The molecule has 0 bridgehead atoms. The minimum absolute atomic E-state index is 0.313. The molecule has 0 amide bonds. The van der Waals surface area contributed by atoms with Crippen LogP contribution in [0.1, 0.15) is 38.8 Å². The van der Waals surface area contributed by atoms with Gasteiger partial charge in [0.25, 0.3) is 0 Å². The Morgan fingerprint density at radius 3 is 3.11 bits per heavy atom. The summed E-state index contributed by atoms with van der Waals surface area (Å²) in [7, 11) is 0. The number of hydrogen-bond acceptors (Lipinski definition) is 3. The fourth-order valence-corrected chi connectivity index (χ4v) is 2.82. The molecule has 0 radical (unpaired) electrons. The molecule has 1 aromatic rings. The number of aryl methyl sites for hydroxylation is 1. The highest BCUT2D eigenvalue weighted by molar-refractivity contribution is 4.99. The monoisotopic (exact) mass is 250 g/mol. The van der Waals surface area contributed by atoms with Crippen molar-refractivity contribution >= 4 is 0 Å². The van der Waals surface area contributed by atoms with Gasteiger partial charge in [0.2, 0.25) is 0 Å². The van der Waals surface area contributed by atoms with Crippen LogP contribution < -0.4 is 5.73 Å². The van der Waals surface area contributed by atoms with E-state index in [4.69, 9.17) is 5.73 Å². The first kappa shape index (κ1) is 13.6. The third-order valence-electron chi connectivity index (χ3n) is 3.93. The maximum Gasteiger partial charge on any atom is 0.0948 e. The molecule has 102 valence electrons. The third-order valence-corrected chi connectivity index (χ3v) is 3.93. The van der Waals surface area contributed by atoms with E-state index in [-0.39, 0.29) is 0 Å². The molecule has 1 aliphatic rings. The lowest BCUT2D eigenvalue weighted by atomic mass is 9.92. The largest absolute Gasteiger partial charge is 0.333 e. The second kappa shape index (κ2) is 6.34. The lowest BCUT2D eigenvalue weighted by Crippen LogP contribution is -2.42. The molecule has 1 fully saturated rings. The van der Waals surface area contributed by atoms with Crippen LogP contribution in [0.3, 0.4) is 0 Å². The molecule has 4 heteroatoms. The molecule has 1 aromatic heterocycles. The van der Waals surface area contributed by atoms with Crippen molar-refractivity contribution in [2.75, 3.05) is 13.1 Å². The SMILES string of the molecule is CCCn1cncc1CN1CCCC(C(C)N)C1. The molecule has 2 heterocycles. The van der Waals surface area contributed by atoms with Gasteiger partial charge in [-0.25, -0.2) is 4.98 Å². The number of hydrogen-bond donors (Lipinski definition) is 1. The highest BCUT2D eigenvalue weighted by atomic mass is 15.2. The summed E-state index contributed by atoms with van der Waals surface area (Å²) in [5.74, 6) is 0.654. The van der Waals surface area contributed by atoms with Crippen LogP contribution in [0.25, 0.3) is 0 Å². The van der Waals surface area contributed by atoms with E-state index in [2.05, 4.69) is 28.3 Å². The average molecular weight is 250 g/mol. The molecule has 1 saturated heterocycles. The summed E-state index contributed by atoms with van der Waals surface area (Å²) in [6.07, 6.45) is 7.67. The van der Waals surface area contributed by atoms with Crippen LogP contribution in [0.15, 0.2) is 12.5 Å². The molecule has 4 nitrogen and oxygen atoms in total. The standard InChI is InChI=1S/C14H26N4/c1-3-6-18-11-16-8-14(18)10-17-7-4-5-13(9-17)12(2)15/h8,11-13H,3-7,9-10,15H2,1-2H3. The molecule has 18 heavy (non-hydrogen) atoms. The van der Waals surface area contributed by atoms with Gasteiger partial charge >= 0.3 is 0 Å². The molecule has 0 aromatic carbocycles. The molecule has 1 aliphatic heterocycles. The number of imidazole rings is 1. The van der Waals surface area contributed by atoms with Gasteiger partial charge in [0.15, 0.2) is 0 Å². The Morgan fingerprint density at radius 2 is 2.39 bits per heavy atom. The van der Waals surface area contributed by atoms with Crippen molar-refractivity contribution in [1.82, 2.24) is 14.5 Å². The van der Waals surface area contributed by atoms with Crippen LogP contribution in [0.2, 0.25) is 0 Å². The first-order chi connectivity index (χ1) is 8.70. The number of rotatable bonds is 5. The maximum absolute atomic E-state index is 6.04. The van der Waals surface area contributed by atoms with Crippen molar-refractivity contribution in [2.24, 2.45) is 11.7 Å². The Labute approximate surface area is 110 Å². The van der Waals surface area contributed by atoms with E-state index < -0.39 is 0 Å². The minimum atomic E-state index is 0.313. The van der Waals surface area contributed by atoms with Crippen LogP contribution in [0.5, 0.6) is 0 Å². The van der Waals surface area contributed by atoms with Gasteiger partial charge in [-0.3, -0.25) is 4.90 Å². The molecular formula is C14H26N4. The summed E-state index contributed by atoms with van der Waals surface area (Å²) in [6, 6.07) is 0.313. The summed E-state index contributed by atoms with van der Waals surface area (Å²) < 4.78 is 2.27. The molecule has 0 saturated carbocycles. The smallest absolute Gasteiger partial charge is 0.0948 e. The van der Waals surface area contributed by atoms with Crippen molar-refractivity contribution in [3.05, 3.63) is 18.2 Å². The van der Waals surface area contributed by atoms with Gasteiger partial charge in [0, 0.05) is 31.9 Å². The first-order valence-electron chi connectivity index (χ1n) is 7.17. The Morgan fingerprint density at radius 1 is 1.56 bits per heavy atom. The quantitative estimate of drug-likeness (QED) is 0.867. The predicted molar refractivity (Wildman–Crippen MR) is 74.2 cm³/mol. The normalized spacial score (nSPS) is 23.2. The van der Waals surface area contributed by atoms with E-state index in [0.717, 1.165) is 26.1 Å². The molecule has 0 spiro atoms. The molecule has 2 unspecified atom stereocenters. The summed E-state index contributed by atoms with van der Waals surface area (Å²) in [4.78, 5) is 6.80. The lowest BCUT2D eigenvalue weighted by molar-refractivity contribution is 0.151. The molecule has 2 rings (SSSR count). The summed E-state index contributed by atoms with van der Waals surface area (Å²) in [5.41, 5.74) is 7.37. The van der Waals surface area contributed by atoms with Crippen molar-refractivity contribution < 1.29 is 0 Å². The number of likely N-dealkylation sites (tertiary alicyclic amines) is 1. The van der Waals surface area contributed by atoms with E-state index >= 15 is 0 Å². The Kier molecular flexibility index (Phi) is 4.78. The number of nitrogens with zero attached hydrogens (tertiary/aromatic N) is 3. The van der Waals surface area contributed by atoms with E-state index in [1.165, 1.54) is 25.1 Å². The zero-order valence-corrected chi connectivity index (χ0v) is 11.7. The van der Waals surface area contributed by atoms with Crippen LogP contribution in [0.4, 0.5) is 0 Å². The number of piperidine rings is 1. The van der Waals surface area contributed by atoms with E-state index in [1.54, 1.807) is 0 Å². The van der Waals surface area contributed by atoms with Gasteiger partial charge in [0.1, 0.15) is 0 Å². The molecule has 2 atom stereocenters. The number of nitrogens with two attached hydrogens (primary N) is 1. The van der Waals surface area contributed by atoms with E-state index in [9.17, 15) is 0 Å². The second-order valence-corrected chi connectivity index (χ2v) is 5.57. The zero-order chi connectivity index (χ0) is 13.0. The van der Waals surface area contributed by atoms with Gasteiger partial charge < -0.3 is 10.3 Å². The topological polar surface area (TPSA) is 47.1 Å². The van der Waals surface area contributed by atoms with E-state index in [1.807, 2.05) is 12.5 Å². The summed E-state index contributed by atoms with van der Waals surface area (Å²) in [6.45, 7) is 8.75. The van der Waals surface area contributed by atoms with Crippen LogP contribution in [0, 0.1) is 5.92 Å². The van der Waals surface area contributed by atoms with Gasteiger partial charge in [-0.2, -0.15) is 0 Å². The molecular weight excluding hydrogens is 224 g/mol.